The topological polar surface area (TPSA) is 50.5 Å². The highest BCUT2D eigenvalue weighted by atomic mass is 16.5. The van der Waals surface area contributed by atoms with Crippen LogP contribution in [0.2, 0.25) is 0 Å². The molecule has 1 fully saturated rings. The molecule has 1 aliphatic rings. The molecule has 1 aromatic rings. The minimum absolute atomic E-state index is 0.852. The highest BCUT2D eigenvalue weighted by Crippen LogP contribution is 2.06. The number of benzene rings is 1. The van der Waals surface area contributed by atoms with Crippen molar-refractivity contribution in [1.82, 2.24) is 10.2 Å². The maximum Gasteiger partial charge on any atom is 0.0594 e. The molecule has 1 heterocycles. The second kappa shape index (κ2) is 8.15. The number of morpholine rings is 1. The van der Waals surface area contributed by atoms with Crippen LogP contribution < -0.4 is 11.1 Å². The molecular weight excluding hydrogens is 238 g/mol. The summed E-state index contributed by atoms with van der Waals surface area (Å²) < 4.78 is 5.34. The number of nitrogens with two attached hydrogens (primary N) is 1. The smallest absolute Gasteiger partial charge is 0.0594 e. The van der Waals surface area contributed by atoms with Gasteiger partial charge in [-0.15, -0.1) is 0 Å². The van der Waals surface area contributed by atoms with E-state index < -0.39 is 0 Å². The predicted octanol–water partition coefficient (Wildman–Crippen LogP) is 1.12. The number of nitrogen functional groups attached to an aromatic ring is 1. The lowest BCUT2D eigenvalue weighted by Gasteiger charge is -2.26. The molecule has 0 radical (unpaired) electrons. The van der Waals surface area contributed by atoms with E-state index in [1.165, 1.54) is 18.5 Å². The van der Waals surface area contributed by atoms with E-state index in [1.807, 2.05) is 12.1 Å². The van der Waals surface area contributed by atoms with E-state index in [9.17, 15) is 0 Å². The first-order valence-electron chi connectivity index (χ1n) is 7.20. The van der Waals surface area contributed by atoms with E-state index in [1.54, 1.807) is 0 Å². The molecule has 0 saturated carbocycles. The van der Waals surface area contributed by atoms with Gasteiger partial charge in [0.15, 0.2) is 0 Å². The maximum atomic E-state index is 5.76. The van der Waals surface area contributed by atoms with E-state index in [0.29, 0.717) is 0 Å². The van der Waals surface area contributed by atoms with Crippen LogP contribution in [0.5, 0.6) is 0 Å². The minimum atomic E-state index is 0.852. The third-order valence-electron chi connectivity index (χ3n) is 3.47. The summed E-state index contributed by atoms with van der Waals surface area (Å²) in [4.78, 5) is 2.48. The average Bonchev–Trinajstić information content (AvgIpc) is 2.44. The van der Waals surface area contributed by atoms with Crippen molar-refractivity contribution in [2.45, 2.75) is 12.8 Å². The highest BCUT2D eigenvalue weighted by Gasteiger charge is 2.08. The number of anilines is 1. The van der Waals surface area contributed by atoms with Crippen LogP contribution in [0.4, 0.5) is 5.69 Å². The number of nitrogens with zero attached hydrogens (tertiary/aromatic N) is 1. The van der Waals surface area contributed by atoms with Crippen LogP contribution in [0.3, 0.4) is 0 Å². The summed E-state index contributed by atoms with van der Waals surface area (Å²) >= 11 is 0. The van der Waals surface area contributed by atoms with Crippen molar-refractivity contribution in [3.63, 3.8) is 0 Å². The van der Waals surface area contributed by atoms with Gasteiger partial charge in [0, 0.05) is 18.8 Å². The summed E-state index contributed by atoms with van der Waals surface area (Å²) in [6, 6.07) is 8.13. The summed E-state index contributed by atoms with van der Waals surface area (Å²) in [6.45, 7) is 7.24. The zero-order valence-electron chi connectivity index (χ0n) is 11.6. The second-order valence-corrected chi connectivity index (χ2v) is 5.05. The fourth-order valence-electron chi connectivity index (χ4n) is 2.36. The van der Waals surface area contributed by atoms with Crippen molar-refractivity contribution in [2.75, 3.05) is 51.7 Å². The number of hydrogen-bond donors (Lipinski definition) is 2. The van der Waals surface area contributed by atoms with Gasteiger partial charge < -0.3 is 15.8 Å². The van der Waals surface area contributed by atoms with Crippen LogP contribution in [-0.2, 0) is 11.2 Å². The SMILES string of the molecule is Nc1cccc(CCNCCCN2CCOCC2)c1. The quantitative estimate of drug-likeness (QED) is 0.572. The third-order valence-corrected chi connectivity index (χ3v) is 3.47. The first-order chi connectivity index (χ1) is 9.34. The van der Waals surface area contributed by atoms with Gasteiger partial charge in [0.2, 0.25) is 0 Å². The van der Waals surface area contributed by atoms with E-state index in [0.717, 1.165) is 51.5 Å². The van der Waals surface area contributed by atoms with Crippen molar-refractivity contribution in [2.24, 2.45) is 0 Å². The molecule has 0 atom stereocenters. The van der Waals surface area contributed by atoms with E-state index in [4.69, 9.17) is 10.5 Å². The molecule has 0 unspecified atom stereocenters. The van der Waals surface area contributed by atoms with Gasteiger partial charge >= 0.3 is 0 Å². The molecule has 106 valence electrons. The van der Waals surface area contributed by atoms with Crippen LogP contribution in [0, 0.1) is 0 Å². The number of ether oxygens (including phenoxy) is 1. The van der Waals surface area contributed by atoms with E-state index in [-0.39, 0.29) is 0 Å². The van der Waals surface area contributed by atoms with Gasteiger partial charge in [0.25, 0.3) is 0 Å². The Labute approximate surface area is 115 Å². The fraction of sp³-hybridized carbons (Fsp3) is 0.600. The number of rotatable bonds is 7. The number of hydrogen-bond acceptors (Lipinski definition) is 4. The summed E-state index contributed by atoms with van der Waals surface area (Å²) in [5, 5.41) is 3.49. The lowest BCUT2D eigenvalue weighted by molar-refractivity contribution is 0.0375. The highest BCUT2D eigenvalue weighted by molar-refractivity contribution is 5.40. The Morgan fingerprint density at radius 1 is 1.21 bits per heavy atom. The van der Waals surface area contributed by atoms with E-state index >= 15 is 0 Å². The van der Waals surface area contributed by atoms with Gasteiger partial charge in [-0.25, -0.2) is 0 Å². The molecule has 3 N–H and O–H groups in total. The Balaban J connectivity index is 1.50. The van der Waals surface area contributed by atoms with Crippen molar-refractivity contribution in [3.8, 4) is 0 Å². The maximum absolute atomic E-state index is 5.76. The molecule has 1 saturated heterocycles. The average molecular weight is 263 g/mol. The molecule has 0 aromatic heterocycles. The zero-order valence-corrected chi connectivity index (χ0v) is 11.6. The lowest BCUT2D eigenvalue weighted by atomic mass is 10.1. The Morgan fingerprint density at radius 3 is 2.84 bits per heavy atom. The molecule has 1 aromatic carbocycles. The molecule has 0 aliphatic carbocycles. The summed E-state index contributed by atoms with van der Waals surface area (Å²) in [5.74, 6) is 0. The van der Waals surface area contributed by atoms with Crippen molar-refractivity contribution in [1.29, 1.82) is 0 Å². The van der Waals surface area contributed by atoms with Crippen LogP contribution in [0.1, 0.15) is 12.0 Å². The van der Waals surface area contributed by atoms with Gasteiger partial charge in [-0.2, -0.15) is 0 Å². The van der Waals surface area contributed by atoms with Gasteiger partial charge in [-0.3, -0.25) is 4.90 Å². The first-order valence-corrected chi connectivity index (χ1v) is 7.20. The Kier molecular flexibility index (Phi) is 6.14. The van der Waals surface area contributed by atoms with Gasteiger partial charge in [0.05, 0.1) is 13.2 Å². The predicted molar refractivity (Wildman–Crippen MR) is 79.3 cm³/mol. The van der Waals surface area contributed by atoms with Crippen LogP contribution in [0.15, 0.2) is 24.3 Å². The van der Waals surface area contributed by atoms with Crippen molar-refractivity contribution < 1.29 is 4.74 Å². The molecule has 0 amide bonds. The molecule has 19 heavy (non-hydrogen) atoms. The normalized spacial score (nSPS) is 16.6. The molecule has 1 aliphatic heterocycles. The third kappa shape index (κ3) is 5.59. The van der Waals surface area contributed by atoms with Crippen LogP contribution in [-0.4, -0.2) is 50.8 Å². The van der Waals surface area contributed by atoms with Crippen LogP contribution in [0.25, 0.3) is 0 Å². The molecular formula is C15H25N3O. The molecule has 0 bridgehead atoms. The molecule has 4 nitrogen and oxygen atoms in total. The molecule has 4 heteroatoms. The number of nitrogens with one attached hydrogen (secondary N) is 1. The van der Waals surface area contributed by atoms with E-state index in [2.05, 4.69) is 22.3 Å². The standard InChI is InChI=1S/C15H25N3O/c16-15-4-1-3-14(13-15)5-7-17-6-2-8-18-9-11-19-12-10-18/h1,3-4,13,17H,2,5-12,16H2. The molecule has 2 rings (SSSR count). The molecule has 0 spiro atoms. The summed E-state index contributed by atoms with van der Waals surface area (Å²) in [5.41, 5.74) is 7.91. The summed E-state index contributed by atoms with van der Waals surface area (Å²) in [6.07, 6.45) is 2.25. The first kappa shape index (κ1) is 14.3. The minimum Gasteiger partial charge on any atom is -0.399 e. The monoisotopic (exact) mass is 263 g/mol. The van der Waals surface area contributed by atoms with Gasteiger partial charge in [-0.1, -0.05) is 12.1 Å². The largest absolute Gasteiger partial charge is 0.399 e. The summed E-state index contributed by atoms with van der Waals surface area (Å²) in [7, 11) is 0. The van der Waals surface area contributed by atoms with Crippen molar-refractivity contribution in [3.05, 3.63) is 29.8 Å². The Morgan fingerprint density at radius 2 is 2.05 bits per heavy atom. The van der Waals surface area contributed by atoms with Gasteiger partial charge in [-0.05, 0) is 50.2 Å². The second-order valence-electron chi connectivity index (χ2n) is 5.05. The van der Waals surface area contributed by atoms with Crippen molar-refractivity contribution >= 4 is 5.69 Å². The lowest BCUT2D eigenvalue weighted by Crippen LogP contribution is -2.37. The van der Waals surface area contributed by atoms with Crippen LogP contribution >= 0.6 is 0 Å². The Bertz CT molecular complexity index is 364. The van der Waals surface area contributed by atoms with Gasteiger partial charge in [0.1, 0.15) is 0 Å². The fourth-order valence-corrected chi connectivity index (χ4v) is 2.36. The zero-order chi connectivity index (χ0) is 13.3. The Hall–Kier alpha value is -1.10.